The minimum Gasteiger partial charge on any atom is -0.454 e. The fourth-order valence-corrected chi connectivity index (χ4v) is 4.28. The topological polar surface area (TPSA) is 106 Å². The summed E-state index contributed by atoms with van der Waals surface area (Å²) < 4.78 is 38.0. The smallest absolute Gasteiger partial charge is 0.262 e. The molecule has 0 bridgehead atoms. The predicted octanol–water partition coefficient (Wildman–Crippen LogP) is 2.79. The largest absolute Gasteiger partial charge is 0.454 e. The van der Waals surface area contributed by atoms with E-state index in [1.54, 1.807) is 12.1 Å². The molecular formula is C18H16ClN3O5S. The van der Waals surface area contributed by atoms with Crippen LogP contribution in [0.5, 0.6) is 11.5 Å². The van der Waals surface area contributed by atoms with Crippen LogP contribution in [-0.2, 0) is 10.0 Å². The lowest BCUT2D eigenvalue weighted by molar-refractivity contribution is 0.102. The lowest BCUT2D eigenvalue weighted by Crippen LogP contribution is -2.29. The average Bonchev–Trinajstić information content (AvgIpc) is 3.33. The second kappa shape index (κ2) is 7.33. The van der Waals surface area contributed by atoms with Gasteiger partial charge in [-0.3, -0.25) is 14.5 Å². The molecule has 0 radical (unpaired) electrons. The van der Waals surface area contributed by atoms with Crippen molar-refractivity contribution in [1.82, 2.24) is 4.72 Å². The fourth-order valence-electron chi connectivity index (χ4n) is 2.88. The van der Waals surface area contributed by atoms with Gasteiger partial charge in [-0.15, -0.1) is 0 Å². The van der Waals surface area contributed by atoms with Gasteiger partial charge in [-0.25, -0.2) is 8.42 Å². The number of sulfonamides is 1. The van der Waals surface area contributed by atoms with E-state index in [9.17, 15) is 13.2 Å². The summed E-state index contributed by atoms with van der Waals surface area (Å²) >= 11 is 6.10. The van der Waals surface area contributed by atoms with E-state index in [0.29, 0.717) is 36.0 Å². The van der Waals surface area contributed by atoms with Gasteiger partial charge < -0.3 is 14.8 Å². The Bertz CT molecular complexity index is 1080. The Morgan fingerprint density at radius 1 is 1.18 bits per heavy atom. The molecule has 2 aromatic carbocycles. The zero-order valence-electron chi connectivity index (χ0n) is 14.6. The Hall–Kier alpha value is -2.78. The molecule has 8 nitrogen and oxygen atoms in total. The van der Waals surface area contributed by atoms with E-state index in [0.717, 1.165) is 6.42 Å². The van der Waals surface area contributed by atoms with E-state index < -0.39 is 15.9 Å². The van der Waals surface area contributed by atoms with Crippen molar-refractivity contribution >= 4 is 39.1 Å². The first kappa shape index (κ1) is 18.6. The molecule has 0 unspecified atom stereocenters. The number of aliphatic imine (C=N–C) groups is 1. The molecule has 2 aromatic rings. The Morgan fingerprint density at radius 3 is 2.82 bits per heavy atom. The van der Waals surface area contributed by atoms with E-state index in [-0.39, 0.29) is 22.3 Å². The minimum atomic E-state index is -3.77. The lowest BCUT2D eigenvalue weighted by Gasteiger charge is -2.10. The van der Waals surface area contributed by atoms with E-state index in [1.165, 1.54) is 24.3 Å². The number of nitrogens with one attached hydrogen (secondary N) is 2. The Morgan fingerprint density at radius 2 is 2.04 bits per heavy atom. The van der Waals surface area contributed by atoms with Crippen molar-refractivity contribution in [3.8, 4) is 11.5 Å². The summed E-state index contributed by atoms with van der Waals surface area (Å²) in [4.78, 5) is 16.7. The number of carbonyl (C=O) groups excluding carboxylic acids is 1. The molecule has 0 aliphatic carbocycles. The third-order valence-electron chi connectivity index (χ3n) is 4.22. The number of amides is 1. The van der Waals surface area contributed by atoms with Crippen LogP contribution in [0, 0.1) is 0 Å². The molecule has 10 heteroatoms. The average molecular weight is 422 g/mol. The summed E-state index contributed by atoms with van der Waals surface area (Å²) in [5, 5.41) is 2.93. The number of rotatable bonds is 4. The van der Waals surface area contributed by atoms with Gasteiger partial charge in [0.25, 0.3) is 15.9 Å². The van der Waals surface area contributed by atoms with E-state index in [1.807, 2.05) is 0 Å². The third kappa shape index (κ3) is 3.76. The third-order valence-corrected chi connectivity index (χ3v) is 5.88. The maximum Gasteiger partial charge on any atom is 0.262 e. The molecule has 2 aliphatic rings. The van der Waals surface area contributed by atoms with Gasteiger partial charge in [-0.1, -0.05) is 17.7 Å². The van der Waals surface area contributed by atoms with Gasteiger partial charge in [0.15, 0.2) is 11.5 Å². The van der Waals surface area contributed by atoms with Crippen molar-refractivity contribution < 1.29 is 22.7 Å². The molecule has 4 rings (SSSR count). The molecule has 0 fully saturated rings. The first-order chi connectivity index (χ1) is 13.4. The molecule has 0 spiro atoms. The summed E-state index contributed by atoms with van der Waals surface area (Å²) in [6.07, 6.45) is 1.42. The SMILES string of the molecule is O=C(Nc1cccc(S(=O)(=O)NC2=NCCC2)c1)c1cc(Cl)c2c(c1)OCO2. The Balaban J connectivity index is 1.53. The highest BCUT2D eigenvalue weighted by atomic mass is 35.5. The summed E-state index contributed by atoms with van der Waals surface area (Å²) in [5.74, 6) is 0.773. The van der Waals surface area contributed by atoms with Gasteiger partial charge in [-0.05, 0) is 36.8 Å². The van der Waals surface area contributed by atoms with E-state index >= 15 is 0 Å². The van der Waals surface area contributed by atoms with Crippen LogP contribution in [0.2, 0.25) is 5.02 Å². The molecule has 146 valence electrons. The highest BCUT2D eigenvalue weighted by molar-refractivity contribution is 7.90. The molecule has 0 atom stereocenters. The number of carbonyl (C=O) groups is 1. The molecule has 2 N–H and O–H groups in total. The number of nitrogens with zero attached hydrogens (tertiary/aromatic N) is 1. The first-order valence-corrected chi connectivity index (χ1v) is 10.4. The van der Waals surface area contributed by atoms with Gasteiger partial charge in [0.1, 0.15) is 5.84 Å². The summed E-state index contributed by atoms with van der Waals surface area (Å²) in [7, 11) is -3.77. The van der Waals surface area contributed by atoms with Crippen molar-refractivity contribution in [3.05, 3.63) is 47.0 Å². The van der Waals surface area contributed by atoms with Crippen LogP contribution in [0.25, 0.3) is 0 Å². The van der Waals surface area contributed by atoms with Crippen molar-refractivity contribution in [3.63, 3.8) is 0 Å². The fraction of sp³-hybridized carbons (Fsp3) is 0.222. The molecular weight excluding hydrogens is 406 g/mol. The second-order valence-electron chi connectivity index (χ2n) is 6.21. The molecule has 0 saturated heterocycles. The van der Waals surface area contributed by atoms with Gasteiger partial charge in [0.05, 0.1) is 9.92 Å². The predicted molar refractivity (Wildman–Crippen MR) is 104 cm³/mol. The van der Waals surface area contributed by atoms with E-state index in [4.69, 9.17) is 21.1 Å². The van der Waals surface area contributed by atoms with Crippen LogP contribution in [0.1, 0.15) is 23.2 Å². The first-order valence-electron chi connectivity index (χ1n) is 8.49. The quantitative estimate of drug-likeness (QED) is 0.789. The van der Waals surface area contributed by atoms with Crippen LogP contribution >= 0.6 is 11.6 Å². The van der Waals surface area contributed by atoms with Crippen molar-refractivity contribution in [2.75, 3.05) is 18.7 Å². The Kier molecular flexibility index (Phi) is 4.86. The van der Waals surface area contributed by atoms with Gasteiger partial charge in [-0.2, -0.15) is 0 Å². The maximum absolute atomic E-state index is 12.6. The molecule has 28 heavy (non-hydrogen) atoms. The van der Waals surface area contributed by atoms with Gasteiger partial charge >= 0.3 is 0 Å². The number of amidine groups is 1. The maximum atomic E-state index is 12.6. The molecule has 0 aromatic heterocycles. The van der Waals surface area contributed by atoms with Crippen LogP contribution < -0.4 is 19.5 Å². The minimum absolute atomic E-state index is 0.0311. The highest BCUT2D eigenvalue weighted by Gasteiger charge is 2.22. The second-order valence-corrected chi connectivity index (χ2v) is 8.30. The number of hydrogen-bond acceptors (Lipinski definition) is 6. The highest BCUT2D eigenvalue weighted by Crippen LogP contribution is 2.39. The van der Waals surface area contributed by atoms with E-state index in [2.05, 4.69) is 15.0 Å². The molecule has 2 heterocycles. The van der Waals surface area contributed by atoms with Crippen LogP contribution in [-0.4, -0.2) is 33.5 Å². The summed E-state index contributed by atoms with van der Waals surface area (Å²) in [6, 6.07) is 8.95. The Labute approximate surface area is 166 Å². The number of benzene rings is 2. The monoisotopic (exact) mass is 421 g/mol. The van der Waals surface area contributed by atoms with Crippen LogP contribution in [0.3, 0.4) is 0 Å². The summed E-state index contributed by atoms with van der Waals surface area (Å²) in [6.45, 7) is 0.657. The molecule has 2 aliphatic heterocycles. The molecule has 1 amide bonds. The van der Waals surface area contributed by atoms with Crippen molar-refractivity contribution in [1.29, 1.82) is 0 Å². The van der Waals surface area contributed by atoms with Crippen molar-refractivity contribution in [2.24, 2.45) is 4.99 Å². The van der Waals surface area contributed by atoms with Gasteiger partial charge in [0, 0.05) is 24.2 Å². The van der Waals surface area contributed by atoms with Crippen LogP contribution in [0.4, 0.5) is 5.69 Å². The van der Waals surface area contributed by atoms with Gasteiger partial charge in [0.2, 0.25) is 6.79 Å². The number of fused-ring (bicyclic) bond motifs is 1. The normalized spacial score (nSPS) is 15.2. The number of anilines is 1. The summed E-state index contributed by atoms with van der Waals surface area (Å²) in [5.41, 5.74) is 0.593. The standard InChI is InChI=1S/C18H16ClN3O5S/c19-14-7-11(8-15-17(14)27-10-26-15)18(23)21-12-3-1-4-13(9-12)28(24,25)22-16-5-2-6-20-16/h1,3-4,7-9H,2,5-6,10H2,(H,20,22)(H,21,23). The molecule has 0 saturated carbocycles. The van der Waals surface area contributed by atoms with Crippen LogP contribution in [0.15, 0.2) is 46.3 Å². The zero-order valence-corrected chi connectivity index (χ0v) is 16.1. The lowest BCUT2D eigenvalue weighted by atomic mass is 10.2. The number of hydrogen-bond donors (Lipinski definition) is 2. The number of halogens is 1. The zero-order chi connectivity index (χ0) is 19.7. The van der Waals surface area contributed by atoms with Crippen molar-refractivity contribution in [2.45, 2.75) is 17.7 Å². The number of ether oxygens (including phenoxy) is 2.